The van der Waals surface area contributed by atoms with Crippen LogP contribution in [-0.2, 0) is 9.84 Å². The van der Waals surface area contributed by atoms with Gasteiger partial charge in [0.2, 0.25) is 0 Å². The molecule has 2 saturated carbocycles. The SMILES string of the molecule is CC[C@]1(O)C2CCC1C[C@@H](S(=O)(=O)c1cc(C(=O)Nc3cc(F)c(F)c(F)c3)ccc1Cl)C2. The maximum Gasteiger partial charge on any atom is 0.255 e. The zero-order valence-electron chi connectivity index (χ0n) is 17.7. The number of halogens is 4. The molecule has 2 aromatic rings. The topological polar surface area (TPSA) is 83.5 Å². The Labute approximate surface area is 194 Å². The molecule has 2 bridgehead atoms. The molecule has 178 valence electrons. The molecule has 10 heteroatoms. The molecule has 0 aliphatic heterocycles. The number of benzene rings is 2. The standard InChI is InChI=1S/C23H23ClF3NO4S/c1-2-23(30)13-4-5-14(23)9-16(8-13)33(31,32)20-7-12(3-6-17(20)24)22(29)28-15-10-18(25)21(27)19(26)11-15/h3,6-7,10-11,13-14,16,30H,2,4-5,8-9H2,1H3,(H,28,29)/t13?,14?,16-,23-. The van der Waals surface area contributed by atoms with E-state index in [1.807, 2.05) is 6.92 Å². The van der Waals surface area contributed by atoms with Crippen LogP contribution in [0.4, 0.5) is 18.9 Å². The molecule has 2 N–H and O–H groups in total. The molecule has 0 aromatic heterocycles. The molecule has 5 nitrogen and oxygen atoms in total. The predicted octanol–water partition coefficient (Wildman–Crippen LogP) is 5.11. The summed E-state index contributed by atoms with van der Waals surface area (Å²) in [6, 6.07) is 4.93. The van der Waals surface area contributed by atoms with Crippen LogP contribution < -0.4 is 5.32 Å². The molecule has 0 spiro atoms. The lowest BCUT2D eigenvalue weighted by atomic mass is 9.73. The van der Waals surface area contributed by atoms with Crippen molar-refractivity contribution in [3.8, 4) is 0 Å². The fourth-order valence-corrected chi connectivity index (χ4v) is 7.72. The summed E-state index contributed by atoms with van der Waals surface area (Å²) in [4.78, 5) is 12.4. The second-order valence-electron chi connectivity index (χ2n) is 8.81. The van der Waals surface area contributed by atoms with Crippen LogP contribution in [0.25, 0.3) is 0 Å². The number of nitrogens with one attached hydrogen (secondary N) is 1. The largest absolute Gasteiger partial charge is 0.389 e. The molecule has 2 atom stereocenters. The van der Waals surface area contributed by atoms with Crippen LogP contribution in [0.15, 0.2) is 35.2 Å². The average molecular weight is 502 g/mol. The van der Waals surface area contributed by atoms with Gasteiger partial charge in [0.15, 0.2) is 27.3 Å². The number of aliphatic hydroxyl groups is 1. The van der Waals surface area contributed by atoms with Gasteiger partial charge >= 0.3 is 0 Å². The van der Waals surface area contributed by atoms with Crippen molar-refractivity contribution in [1.82, 2.24) is 0 Å². The van der Waals surface area contributed by atoms with Crippen LogP contribution in [0.2, 0.25) is 5.02 Å². The Morgan fingerprint density at radius 2 is 1.70 bits per heavy atom. The van der Waals surface area contributed by atoms with Crippen LogP contribution in [0.5, 0.6) is 0 Å². The van der Waals surface area contributed by atoms with Crippen LogP contribution in [0, 0.1) is 29.3 Å². The summed E-state index contributed by atoms with van der Waals surface area (Å²) in [5.41, 5.74) is -1.26. The van der Waals surface area contributed by atoms with Crippen LogP contribution in [0.3, 0.4) is 0 Å². The monoisotopic (exact) mass is 501 g/mol. The molecule has 0 heterocycles. The van der Waals surface area contributed by atoms with Gasteiger partial charge in [-0.1, -0.05) is 18.5 Å². The van der Waals surface area contributed by atoms with Crippen LogP contribution in [-0.4, -0.2) is 30.3 Å². The molecule has 1 amide bonds. The summed E-state index contributed by atoms with van der Waals surface area (Å²) >= 11 is 6.19. The average Bonchev–Trinajstić information content (AvgIpc) is 2.93. The summed E-state index contributed by atoms with van der Waals surface area (Å²) in [6.07, 6.45) is 2.72. The Morgan fingerprint density at radius 1 is 1.12 bits per heavy atom. The first-order valence-corrected chi connectivity index (χ1v) is 12.6. The minimum atomic E-state index is -3.92. The number of sulfone groups is 1. The van der Waals surface area contributed by atoms with Gasteiger partial charge in [-0.3, -0.25) is 4.79 Å². The molecule has 2 aliphatic rings. The van der Waals surface area contributed by atoms with Crippen molar-refractivity contribution in [1.29, 1.82) is 0 Å². The smallest absolute Gasteiger partial charge is 0.255 e. The van der Waals surface area contributed by atoms with Crippen molar-refractivity contribution in [3.05, 3.63) is 58.4 Å². The van der Waals surface area contributed by atoms with Crippen LogP contribution in [0.1, 0.15) is 49.4 Å². The number of fused-ring (bicyclic) bond motifs is 2. The van der Waals surface area contributed by atoms with Crippen LogP contribution >= 0.6 is 11.6 Å². The van der Waals surface area contributed by atoms with Crippen molar-refractivity contribution < 1.29 is 31.5 Å². The number of anilines is 1. The second kappa shape index (κ2) is 8.60. The molecule has 4 rings (SSSR count). The van der Waals surface area contributed by atoms with Gasteiger partial charge in [-0.2, -0.15) is 0 Å². The number of hydrogen-bond donors (Lipinski definition) is 2. The van der Waals surface area contributed by atoms with Gasteiger partial charge in [0, 0.05) is 23.4 Å². The molecular formula is C23H23ClF3NO4S. The quantitative estimate of drug-likeness (QED) is 0.557. The van der Waals surface area contributed by atoms with E-state index in [1.54, 1.807) is 0 Å². The number of hydrogen-bond acceptors (Lipinski definition) is 4. The highest BCUT2D eigenvalue weighted by Crippen LogP contribution is 2.53. The van der Waals surface area contributed by atoms with E-state index in [-0.39, 0.29) is 33.0 Å². The molecule has 2 aliphatic carbocycles. The van der Waals surface area contributed by atoms with Gasteiger partial charge in [-0.05, 0) is 62.1 Å². The summed E-state index contributed by atoms with van der Waals surface area (Å²) < 4.78 is 66.9. The zero-order chi connectivity index (χ0) is 24.1. The number of carbonyl (C=O) groups excluding carboxylic acids is 1. The van der Waals surface area contributed by atoms with E-state index in [1.165, 1.54) is 12.1 Å². The Balaban J connectivity index is 1.60. The second-order valence-corrected chi connectivity index (χ2v) is 11.4. The zero-order valence-corrected chi connectivity index (χ0v) is 19.3. The Bertz CT molecular complexity index is 1180. The summed E-state index contributed by atoms with van der Waals surface area (Å²) in [5, 5.41) is 12.4. The maximum absolute atomic E-state index is 13.4. The Hall–Kier alpha value is -2.10. The fourth-order valence-electron chi connectivity index (χ4n) is 5.31. The molecule has 2 unspecified atom stereocenters. The molecule has 2 aromatic carbocycles. The van der Waals surface area contributed by atoms with E-state index in [9.17, 15) is 31.5 Å². The van der Waals surface area contributed by atoms with E-state index in [4.69, 9.17) is 11.6 Å². The van der Waals surface area contributed by atoms with Crippen molar-refractivity contribution in [2.24, 2.45) is 11.8 Å². The van der Waals surface area contributed by atoms with Gasteiger partial charge in [-0.25, -0.2) is 21.6 Å². The predicted molar refractivity (Wildman–Crippen MR) is 117 cm³/mol. The third-order valence-electron chi connectivity index (χ3n) is 7.12. The molecule has 2 fully saturated rings. The van der Waals surface area contributed by atoms with Gasteiger partial charge in [0.25, 0.3) is 5.91 Å². The van der Waals surface area contributed by atoms with Gasteiger partial charge in [0.05, 0.1) is 20.8 Å². The molecule has 0 radical (unpaired) electrons. The normalized spacial score (nSPS) is 26.9. The minimum Gasteiger partial charge on any atom is -0.389 e. The Morgan fingerprint density at radius 3 is 2.24 bits per heavy atom. The fraction of sp³-hybridized carbons (Fsp3) is 0.435. The van der Waals surface area contributed by atoms with Crippen molar-refractivity contribution in [3.63, 3.8) is 0 Å². The van der Waals surface area contributed by atoms with Gasteiger partial charge in [0.1, 0.15) is 0 Å². The minimum absolute atomic E-state index is 0.0471. The first-order valence-electron chi connectivity index (χ1n) is 10.7. The molecular weight excluding hydrogens is 479 g/mol. The highest BCUT2D eigenvalue weighted by atomic mass is 35.5. The summed E-state index contributed by atoms with van der Waals surface area (Å²) in [5.74, 6) is -5.67. The van der Waals surface area contributed by atoms with Crippen molar-refractivity contribution >= 4 is 33.0 Å². The van der Waals surface area contributed by atoms with Gasteiger partial charge in [-0.15, -0.1) is 0 Å². The first-order chi connectivity index (χ1) is 15.5. The first kappa shape index (κ1) is 24.0. The highest BCUT2D eigenvalue weighted by Gasteiger charge is 2.54. The number of amides is 1. The van der Waals surface area contributed by atoms with E-state index < -0.39 is 44.0 Å². The molecule has 0 saturated heterocycles. The third-order valence-corrected chi connectivity index (χ3v) is 9.77. The van der Waals surface area contributed by atoms with E-state index in [0.29, 0.717) is 31.4 Å². The number of carbonyl (C=O) groups is 1. The van der Waals surface area contributed by atoms with Gasteiger partial charge < -0.3 is 10.4 Å². The summed E-state index contributed by atoms with van der Waals surface area (Å²) in [7, 11) is -3.92. The van der Waals surface area contributed by atoms with Crippen molar-refractivity contribution in [2.45, 2.75) is 54.8 Å². The third kappa shape index (κ3) is 4.15. The van der Waals surface area contributed by atoms with Crippen molar-refractivity contribution in [2.75, 3.05) is 5.32 Å². The lowest BCUT2D eigenvalue weighted by Gasteiger charge is -2.42. The molecule has 33 heavy (non-hydrogen) atoms. The van der Waals surface area contributed by atoms with E-state index in [0.717, 1.165) is 18.9 Å². The lowest BCUT2D eigenvalue weighted by Crippen LogP contribution is -2.47. The summed E-state index contributed by atoms with van der Waals surface area (Å²) in [6.45, 7) is 1.90. The van der Waals surface area contributed by atoms with E-state index >= 15 is 0 Å². The number of rotatable bonds is 5. The van der Waals surface area contributed by atoms with E-state index in [2.05, 4.69) is 5.32 Å². The maximum atomic E-state index is 13.4. The Kier molecular flexibility index (Phi) is 6.26. The lowest BCUT2D eigenvalue weighted by molar-refractivity contribution is -0.0610. The highest BCUT2D eigenvalue weighted by molar-refractivity contribution is 7.92.